The van der Waals surface area contributed by atoms with Crippen LogP contribution in [0.5, 0.6) is 0 Å². The molecule has 0 spiro atoms. The van der Waals surface area contributed by atoms with Gasteiger partial charge in [-0.05, 0) is 41.1 Å². The van der Waals surface area contributed by atoms with Crippen molar-refractivity contribution in [1.29, 1.82) is 0 Å². The average Bonchev–Trinajstić information content (AvgIpc) is 2.34. The van der Waals surface area contributed by atoms with E-state index in [1.807, 2.05) is 0 Å². The second-order valence-electron chi connectivity index (χ2n) is 3.73. The van der Waals surface area contributed by atoms with Gasteiger partial charge in [-0.1, -0.05) is 0 Å². The highest BCUT2D eigenvalue weighted by molar-refractivity contribution is 9.10. The van der Waals surface area contributed by atoms with Crippen LogP contribution in [0, 0.1) is 5.82 Å². The highest BCUT2D eigenvalue weighted by Gasteiger charge is 2.19. The van der Waals surface area contributed by atoms with E-state index in [1.165, 1.54) is 32.4 Å². The normalized spacial score (nSPS) is 12.6. The number of halogens is 2. The van der Waals surface area contributed by atoms with Crippen LogP contribution < -0.4 is 5.32 Å². The number of carbonyl (C=O) groups is 1. The maximum atomic E-state index is 13.3. The minimum absolute atomic E-state index is 0.244. The van der Waals surface area contributed by atoms with E-state index < -0.39 is 12.1 Å². The van der Waals surface area contributed by atoms with Crippen LogP contribution in [0.25, 0.3) is 0 Å². The van der Waals surface area contributed by atoms with Crippen molar-refractivity contribution in [3.05, 3.63) is 34.1 Å². The third-order valence-electron chi connectivity index (χ3n) is 2.41. The Morgan fingerprint density at radius 3 is 2.50 bits per heavy atom. The van der Waals surface area contributed by atoms with Gasteiger partial charge >= 0.3 is 0 Å². The molecular formula is C12H15BrFNO3. The highest BCUT2D eigenvalue weighted by atomic mass is 79.9. The second kappa shape index (κ2) is 6.82. The molecule has 100 valence electrons. The first-order valence-electron chi connectivity index (χ1n) is 5.31. The number of rotatable bonds is 5. The molecule has 6 heteroatoms. The summed E-state index contributed by atoms with van der Waals surface area (Å²) < 4.78 is 23.7. The van der Waals surface area contributed by atoms with Gasteiger partial charge in [0.05, 0.1) is 10.5 Å². The number of hydrogen-bond donors (Lipinski definition) is 1. The van der Waals surface area contributed by atoms with Gasteiger partial charge in [-0.15, -0.1) is 0 Å². The number of carbonyl (C=O) groups excluding carboxylic acids is 1. The van der Waals surface area contributed by atoms with Gasteiger partial charge in [-0.25, -0.2) is 4.39 Å². The van der Waals surface area contributed by atoms with Crippen LogP contribution in [-0.2, 0) is 9.47 Å². The Kier molecular flexibility index (Phi) is 5.71. The van der Waals surface area contributed by atoms with Crippen LogP contribution in [0.3, 0.4) is 0 Å². The van der Waals surface area contributed by atoms with E-state index in [2.05, 4.69) is 21.2 Å². The van der Waals surface area contributed by atoms with E-state index in [1.54, 1.807) is 6.92 Å². The second-order valence-corrected chi connectivity index (χ2v) is 4.59. The van der Waals surface area contributed by atoms with Crippen molar-refractivity contribution < 1.29 is 18.7 Å². The zero-order chi connectivity index (χ0) is 13.7. The molecule has 1 atom stereocenters. The van der Waals surface area contributed by atoms with Crippen molar-refractivity contribution in [2.45, 2.75) is 19.3 Å². The third kappa shape index (κ3) is 3.76. The van der Waals surface area contributed by atoms with Crippen molar-refractivity contribution in [3.63, 3.8) is 0 Å². The molecule has 0 aromatic heterocycles. The summed E-state index contributed by atoms with van der Waals surface area (Å²) in [5, 5.41) is 2.67. The Hall–Kier alpha value is -0.980. The lowest BCUT2D eigenvalue weighted by Crippen LogP contribution is -2.42. The molecule has 0 saturated heterocycles. The number of methoxy groups -OCH3 is 2. The maximum Gasteiger partial charge on any atom is 0.251 e. The standard InChI is InChI=1S/C12H15BrFNO3/c1-7(12(17-2)18-3)15-11(16)8-4-5-9(13)10(14)6-8/h4-7,12H,1-3H3,(H,15,16). The topological polar surface area (TPSA) is 47.6 Å². The summed E-state index contributed by atoms with van der Waals surface area (Å²) in [6.07, 6.45) is -0.547. The van der Waals surface area contributed by atoms with Crippen LogP contribution in [0.2, 0.25) is 0 Å². The lowest BCUT2D eigenvalue weighted by Gasteiger charge is -2.22. The summed E-state index contributed by atoms with van der Waals surface area (Å²) in [5.41, 5.74) is 0.244. The molecule has 0 heterocycles. The first-order valence-corrected chi connectivity index (χ1v) is 6.10. The summed E-state index contributed by atoms with van der Waals surface area (Å²) >= 11 is 3.03. The summed E-state index contributed by atoms with van der Waals surface area (Å²) in [6.45, 7) is 1.74. The van der Waals surface area contributed by atoms with Gasteiger partial charge in [0.1, 0.15) is 5.82 Å². The molecule has 1 rings (SSSR count). The number of ether oxygens (including phenoxy) is 2. The smallest absolute Gasteiger partial charge is 0.251 e. The minimum atomic E-state index is -0.547. The summed E-state index contributed by atoms with van der Waals surface area (Å²) in [5.74, 6) is -0.863. The van der Waals surface area contributed by atoms with Gasteiger partial charge < -0.3 is 14.8 Å². The molecule has 0 fully saturated rings. The molecule has 4 nitrogen and oxygen atoms in total. The number of hydrogen-bond acceptors (Lipinski definition) is 3. The predicted octanol–water partition coefficient (Wildman–Crippen LogP) is 2.33. The highest BCUT2D eigenvalue weighted by Crippen LogP contribution is 2.16. The van der Waals surface area contributed by atoms with Gasteiger partial charge in [0, 0.05) is 19.8 Å². The van der Waals surface area contributed by atoms with Crippen molar-refractivity contribution in [3.8, 4) is 0 Å². The van der Waals surface area contributed by atoms with Crippen LogP contribution in [0.15, 0.2) is 22.7 Å². The molecule has 0 aliphatic rings. The largest absolute Gasteiger partial charge is 0.354 e. The molecule has 1 amide bonds. The van der Waals surface area contributed by atoms with Gasteiger partial charge in [-0.3, -0.25) is 4.79 Å². The Labute approximate surface area is 114 Å². The molecule has 0 bridgehead atoms. The number of benzene rings is 1. The fourth-order valence-corrected chi connectivity index (χ4v) is 1.75. The van der Waals surface area contributed by atoms with Crippen molar-refractivity contribution >= 4 is 21.8 Å². The summed E-state index contributed by atoms with van der Waals surface area (Å²) in [4.78, 5) is 11.9. The van der Waals surface area contributed by atoms with Crippen LogP contribution >= 0.6 is 15.9 Å². The van der Waals surface area contributed by atoms with Crippen molar-refractivity contribution in [1.82, 2.24) is 5.32 Å². The van der Waals surface area contributed by atoms with Crippen molar-refractivity contribution in [2.24, 2.45) is 0 Å². The molecule has 0 radical (unpaired) electrons. The van der Waals surface area contributed by atoms with E-state index in [4.69, 9.17) is 9.47 Å². The first kappa shape index (κ1) is 15.1. The maximum absolute atomic E-state index is 13.3. The fourth-order valence-electron chi connectivity index (χ4n) is 1.50. The quantitative estimate of drug-likeness (QED) is 0.847. The van der Waals surface area contributed by atoms with Gasteiger partial charge in [0.15, 0.2) is 6.29 Å². The Morgan fingerprint density at radius 1 is 1.39 bits per heavy atom. The zero-order valence-corrected chi connectivity index (χ0v) is 12.0. The van der Waals surface area contributed by atoms with Crippen LogP contribution in [0.4, 0.5) is 4.39 Å². The molecule has 0 aliphatic carbocycles. The monoisotopic (exact) mass is 319 g/mol. The first-order chi connectivity index (χ1) is 8.49. The minimum Gasteiger partial charge on any atom is -0.354 e. The van der Waals surface area contributed by atoms with Gasteiger partial charge in [0.2, 0.25) is 0 Å². The van der Waals surface area contributed by atoms with E-state index in [0.29, 0.717) is 4.47 Å². The van der Waals surface area contributed by atoms with Gasteiger partial charge in [0.25, 0.3) is 5.91 Å². The Bertz CT molecular complexity index is 424. The lowest BCUT2D eigenvalue weighted by molar-refractivity contribution is -0.117. The average molecular weight is 320 g/mol. The SMILES string of the molecule is COC(OC)C(C)NC(=O)c1ccc(Br)c(F)c1. The lowest BCUT2D eigenvalue weighted by atomic mass is 10.2. The van der Waals surface area contributed by atoms with Crippen LogP contribution in [-0.4, -0.2) is 32.5 Å². The summed E-state index contributed by atoms with van der Waals surface area (Å²) in [6, 6.07) is 3.84. The van der Waals surface area contributed by atoms with E-state index in [9.17, 15) is 9.18 Å². The molecule has 0 aliphatic heterocycles. The molecular weight excluding hydrogens is 305 g/mol. The Balaban J connectivity index is 2.73. The van der Waals surface area contributed by atoms with E-state index >= 15 is 0 Å². The molecule has 18 heavy (non-hydrogen) atoms. The van der Waals surface area contributed by atoms with Gasteiger partial charge in [-0.2, -0.15) is 0 Å². The fraction of sp³-hybridized carbons (Fsp3) is 0.417. The predicted molar refractivity (Wildman–Crippen MR) is 68.8 cm³/mol. The number of amides is 1. The molecule has 1 N–H and O–H groups in total. The number of nitrogens with one attached hydrogen (secondary N) is 1. The van der Waals surface area contributed by atoms with Crippen molar-refractivity contribution in [2.75, 3.05) is 14.2 Å². The molecule has 1 aromatic rings. The third-order valence-corrected chi connectivity index (χ3v) is 3.06. The summed E-state index contributed by atoms with van der Waals surface area (Å²) in [7, 11) is 2.96. The Morgan fingerprint density at radius 2 is 2.00 bits per heavy atom. The molecule has 1 unspecified atom stereocenters. The van der Waals surface area contributed by atoms with E-state index in [-0.39, 0.29) is 17.5 Å². The van der Waals surface area contributed by atoms with Crippen LogP contribution in [0.1, 0.15) is 17.3 Å². The molecule has 0 saturated carbocycles. The van der Waals surface area contributed by atoms with E-state index in [0.717, 1.165) is 0 Å². The molecule has 1 aromatic carbocycles. The zero-order valence-electron chi connectivity index (χ0n) is 10.4.